The Hall–Kier alpha value is -3.07. The van der Waals surface area contributed by atoms with Gasteiger partial charge in [-0.25, -0.2) is 12.8 Å². The van der Waals surface area contributed by atoms with Crippen LogP contribution in [0.25, 0.3) is 0 Å². The molecule has 1 atom stereocenters. The highest BCUT2D eigenvalue weighted by Gasteiger charge is 2.31. The van der Waals surface area contributed by atoms with Crippen LogP contribution in [0.15, 0.2) is 89.8 Å². The summed E-state index contributed by atoms with van der Waals surface area (Å²) < 4.78 is 41.9. The van der Waals surface area contributed by atoms with E-state index < -0.39 is 21.9 Å². The number of carbonyl (C=O) groups is 1. The third-order valence-corrected chi connectivity index (χ3v) is 8.64. The Kier molecular flexibility index (Phi) is 8.51. The fourth-order valence-corrected chi connectivity index (χ4v) is 6.14. The molecule has 1 unspecified atom stereocenters. The number of hydrogen-bond acceptors (Lipinski definition) is 4. The minimum Gasteiger partial charge on any atom is -0.340 e. The van der Waals surface area contributed by atoms with Gasteiger partial charge in [0.2, 0.25) is 15.9 Å². The number of piperazine rings is 1. The number of nitrogens with zero attached hydrogens (tertiary/aromatic N) is 3. The molecule has 1 fully saturated rings. The molecule has 8 heteroatoms. The maximum Gasteiger partial charge on any atom is 0.243 e. The molecule has 0 radical (unpaired) electrons. The molecule has 0 aromatic heterocycles. The highest BCUT2D eigenvalue weighted by Crippen LogP contribution is 2.28. The summed E-state index contributed by atoms with van der Waals surface area (Å²) in [6.07, 6.45) is 0.0796. The Morgan fingerprint density at radius 3 is 2.08 bits per heavy atom. The van der Waals surface area contributed by atoms with Gasteiger partial charge in [-0.15, -0.1) is 0 Å². The number of hydrogen-bond donors (Lipinski definition) is 0. The standard InChI is InChI=1S/C28H32FN3O3S/c1-23(25-10-6-3-7-11-25)32(36(34,35)27-14-12-26(29)13-15-27)17-16-28(33)31-20-18-30(19-21-31)22-24-8-4-2-5-9-24/h2-15,23H,16-22H2,1H3. The maximum atomic E-state index is 13.5. The zero-order chi connectivity index (χ0) is 25.5. The molecule has 3 aromatic carbocycles. The summed E-state index contributed by atoms with van der Waals surface area (Å²) in [5, 5.41) is 0. The van der Waals surface area contributed by atoms with Crippen LogP contribution in [0.5, 0.6) is 0 Å². The fourth-order valence-electron chi connectivity index (χ4n) is 4.52. The Labute approximate surface area is 213 Å². The molecule has 3 aromatic rings. The van der Waals surface area contributed by atoms with Crippen LogP contribution >= 0.6 is 0 Å². The van der Waals surface area contributed by atoms with Gasteiger partial charge < -0.3 is 4.90 Å². The van der Waals surface area contributed by atoms with Crippen LogP contribution in [0.4, 0.5) is 4.39 Å². The van der Waals surface area contributed by atoms with E-state index in [0.717, 1.165) is 37.3 Å². The molecule has 1 heterocycles. The molecule has 0 N–H and O–H groups in total. The zero-order valence-electron chi connectivity index (χ0n) is 20.5. The molecular weight excluding hydrogens is 477 g/mol. The lowest BCUT2D eigenvalue weighted by atomic mass is 10.1. The topological polar surface area (TPSA) is 60.9 Å². The molecule has 0 saturated carbocycles. The summed E-state index contributed by atoms with van der Waals surface area (Å²) in [6.45, 7) is 5.48. The molecule has 0 bridgehead atoms. The number of rotatable bonds is 9. The van der Waals surface area contributed by atoms with Gasteiger partial charge in [-0.3, -0.25) is 9.69 Å². The van der Waals surface area contributed by atoms with Crippen molar-refractivity contribution < 1.29 is 17.6 Å². The van der Waals surface area contributed by atoms with Crippen molar-refractivity contribution in [1.29, 1.82) is 0 Å². The normalized spacial score (nSPS) is 15.7. The predicted octanol–water partition coefficient (Wildman–Crippen LogP) is 4.31. The zero-order valence-corrected chi connectivity index (χ0v) is 21.3. The van der Waals surface area contributed by atoms with Crippen LogP contribution in [0.1, 0.15) is 30.5 Å². The summed E-state index contributed by atoms with van der Waals surface area (Å²) in [4.78, 5) is 17.2. The number of carbonyl (C=O) groups excluding carboxylic acids is 1. The molecule has 0 aliphatic carbocycles. The minimum absolute atomic E-state index is 0.00802. The predicted molar refractivity (Wildman–Crippen MR) is 138 cm³/mol. The van der Waals surface area contributed by atoms with Crippen LogP contribution in [0.2, 0.25) is 0 Å². The highest BCUT2D eigenvalue weighted by molar-refractivity contribution is 7.89. The van der Waals surface area contributed by atoms with Gasteiger partial charge in [-0.2, -0.15) is 4.31 Å². The van der Waals surface area contributed by atoms with Crippen molar-refractivity contribution in [3.63, 3.8) is 0 Å². The molecular formula is C28H32FN3O3S. The number of halogens is 1. The molecule has 1 aliphatic heterocycles. The van der Waals surface area contributed by atoms with Gasteiger partial charge in [0.15, 0.2) is 0 Å². The van der Waals surface area contributed by atoms with Gasteiger partial charge in [-0.1, -0.05) is 60.7 Å². The minimum atomic E-state index is -3.95. The Morgan fingerprint density at radius 2 is 1.47 bits per heavy atom. The first-order valence-electron chi connectivity index (χ1n) is 12.2. The van der Waals surface area contributed by atoms with Crippen LogP contribution < -0.4 is 0 Å². The fraction of sp³-hybridized carbons (Fsp3) is 0.321. The lowest BCUT2D eigenvalue weighted by molar-refractivity contribution is -0.133. The van der Waals surface area contributed by atoms with E-state index in [-0.39, 0.29) is 23.8 Å². The summed E-state index contributed by atoms with van der Waals surface area (Å²) >= 11 is 0. The van der Waals surface area contributed by atoms with Crippen LogP contribution in [0, 0.1) is 5.82 Å². The molecule has 36 heavy (non-hydrogen) atoms. The van der Waals surface area contributed by atoms with E-state index in [1.54, 1.807) is 0 Å². The van der Waals surface area contributed by atoms with Crippen LogP contribution in [-0.2, 0) is 21.4 Å². The van der Waals surface area contributed by atoms with Gasteiger partial charge >= 0.3 is 0 Å². The van der Waals surface area contributed by atoms with Crippen molar-refractivity contribution in [2.24, 2.45) is 0 Å². The molecule has 6 nitrogen and oxygen atoms in total. The van der Waals surface area contributed by atoms with Gasteiger partial charge in [0.05, 0.1) is 4.90 Å². The lowest BCUT2D eigenvalue weighted by Gasteiger charge is -2.35. The van der Waals surface area contributed by atoms with E-state index in [9.17, 15) is 17.6 Å². The van der Waals surface area contributed by atoms with Crippen molar-refractivity contribution >= 4 is 15.9 Å². The van der Waals surface area contributed by atoms with Crippen LogP contribution in [-0.4, -0.2) is 61.2 Å². The number of amides is 1. The van der Waals surface area contributed by atoms with E-state index >= 15 is 0 Å². The summed E-state index contributed by atoms with van der Waals surface area (Å²) in [5.41, 5.74) is 2.07. The smallest absolute Gasteiger partial charge is 0.243 e. The average molecular weight is 510 g/mol. The van der Waals surface area contributed by atoms with Crippen molar-refractivity contribution in [3.05, 3.63) is 102 Å². The number of benzene rings is 3. The Balaban J connectivity index is 1.42. The van der Waals surface area contributed by atoms with Crippen molar-refractivity contribution in [2.75, 3.05) is 32.7 Å². The molecule has 0 spiro atoms. The monoisotopic (exact) mass is 509 g/mol. The quantitative estimate of drug-likeness (QED) is 0.431. The Morgan fingerprint density at radius 1 is 0.889 bits per heavy atom. The first-order chi connectivity index (χ1) is 17.3. The third kappa shape index (κ3) is 6.37. The van der Waals surface area contributed by atoms with E-state index in [0.29, 0.717) is 13.1 Å². The molecule has 4 rings (SSSR count). The third-order valence-electron chi connectivity index (χ3n) is 6.65. The van der Waals surface area contributed by atoms with Gasteiger partial charge in [0.25, 0.3) is 0 Å². The lowest BCUT2D eigenvalue weighted by Crippen LogP contribution is -2.49. The first kappa shape index (κ1) is 26.0. The maximum absolute atomic E-state index is 13.5. The number of sulfonamides is 1. The van der Waals surface area contributed by atoms with Crippen LogP contribution in [0.3, 0.4) is 0 Å². The van der Waals surface area contributed by atoms with Gasteiger partial charge in [0, 0.05) is 51.7 Å². The molecule has 1 saturated heterocycles. The summed E-state index contributed by atoms with van der Waals surface area (Å²) in [6, 6.07) is 23.9. The van der Waals surface area contributed by atoms with Gasteiger partial charge in [0.1, 0.15) is 5.82 Å². The largest absolute Gasteiger partial charge is 0.340 e. The second-order valence-electron chi connectivity index (χ2n) is 9.05. The summed E-state index contributed by atoms with van der Waals surface area (Å²) in [5.74, 6) is -0.563. The second kappa shape index (κ2) is 11.8. The molecule has 190 valence electrons. The first-order valence-corrected chi connectivity index (χ1v) is 13.6. The van der Waals surface area contributed by atoms with E-state index in [2.05, 4.69) is 17.0 Å². The SMILES string of the molecule is CC(c1ccccc1)N(CCC(=O)N1CCN(Cc2ccccc2)CC1)S(=O)(=O)c1ccc(F)cc1. The van der Waals surface area contributed by atoms with Crippen molar-refractivity contribution in [3.8, 4) is 0 Å². The molecule has 1 amide bonds. The van der Waals surface area contributed by atoms with E-state index in [1.807, 2.05) is 60.4 Å². The second-order valence-corrected chi connectivity index (χ2v) is 10.9. The van der Waals surface area contributed by atoms with E-state index in [1.165, 1.54) is 22.0 Å². The van der Waals surface area contributed by atoms with Crippen molar-refractivity contribution in [2.45, 2.75) is 30.8 Å². The molecule has 1 aliphatic rings. The van der Waals surface area contributed by atoms with Gasteiger partial charge in [-0.05, 0) is 42.3 Å². The Bertz CT molecular complexity index is 1230. The summed E-state index contributed by atoms with van der Waals surface area (Å²) in [7, 11) is -3.95. The van der Waals surface area contributed by atoms with E-state index in [4.69, 9.17) is 0 Å². The van der Waals surface area contributed by atoms with Crippen molar-refractivity contribution in [1.82, 2.24) is 14.1 Å². The highest BCUT2D eigenvalue weighted by atomic mass is 32.2. The average Bonchev–Trinajstić information content (AvgIpc) is 2.90.